The number of alkyl halides is 3. The second kappa shape index (κ2) is 7.21. The molecule has 0 saturated heterocycles. The Balaban J connectivity index is 1.93. The van der Waals surface area contributed by atoms with E-state index in [0.29, 0.717) is 5.56 Å². The van der Waals surface area contributed by atoms with Gasteiger partial charge in [-0.05, 0) is 49.6 Å². The molecule has 1 amide bonds. The van der Waals surface area contributed by atoms with Gasteiger partial charge in [0.1, 0.15) is 11.6 Å². The predicted molar refractivity (Wildman–Crippen MR) is 92.0 cm³/mol. The zero-order valence-electron chi connectivity index (χ0n) is 14.9. The van der Waals surface area contributed by atoms with Gasteiger partial charge in [-0.3, -0.25) is 4.79 Å². The number of methoxy groups -OCH3 is 1. The molecule has 1 atom stereocenters. The normalized spacial score (nSPS) is 15.3. The standard InChI is InChI=1S/C20H19F4NO2/c1-12(13-4-3-5-14(10-13)20(22,23)24)25(15-6-7-15)19(26)17-9-8-16(27-2)11-18(17)21/h3-5,8-12,15H,6-7H2,1-2H3. The third-order valence-corrected chi connectivity index (χ3v) is 4.70. The van der Waals surface area contributed by atoms with E-state index < -0.39 is 29.5 Å². The van der Waals surface area contributed by atoms with Gasteiger partial charge in [-0.25, -0.2) is 4.39 Å². The third kappa shape index (κ3) is 4.07. The highest BCUT2D eigenvalue weighted by Gasteiger charge is 2.38. The van der Waals surface area contributed by atoms with Crippen LogP contribution in [0.1, 0.15) is 47.3 Å². The molecule has 0 N–H and O–H groups in total. The maximum absolute atomic E-state index is 14.3. The first-order valence-electron chi connectivity index (χ1n) is 8.55. The Morgan fingerprint density at radius 1 is 1.19 bits per heavy atom. The number of carbonyl (C=O) groups is 1. The van der Waals surface area contributed by atoms with Crippen molar-refractivity contribution < 1.29 is 27.1 Å². The number of ether oxygens (including phenoxy) is 1. The van der Waals surface area contributed by atoms with Crippen molar-refractivity contribution in [3.63, 3.8) is 0 Å². The Bertz CT molecular complexity index is 846. The summed E-state index contributed by atoms with van der Waals surface area (Å²) in [6.07, 6.45) is -2.98. The molecule has 1 unspecified atom stereocenters. The molecule has 1 aliphatic rings. The summed E-state index contributed by atoms with van der Waals surface area (Å²) < 4.78 is 58.3. The summed E-state index contributed by atoms with van der Waals surface area (Å²) in [5.74, 6) is -0.975. The molecule has 27 heavy (non-hydrogen) atoms. The lowest BCUT2D eigenvalue weighted by Gasteiger charge is -2.30. The van der Waals surface area contributed by atoms with Gasteiger partial charge in [0.25, 0.3) is 5.91 Å². The van der Waals surface area contributed by atoms with Crippen molar-refractivity contribution >= 4 is 5.91 Å². The highest BCUT2D eigenvalue weighted by molar-refractivity contribution is 5.95. The molecule has 0 aliphatic heterocycles. The minimum atomic E-state index is -4.47. The molecule has 1 aliphatic carbocycles. The molecule has 2 aromatic rings. The van der Waals surface area contributed by atoms with Gasteiger partial charge >= 0.3 is 6.18 Å². The molecule has 0 heterocycles. The number of amides is 1. The summed E-state index contributed by atoms with van der Waals surface area (Å²) in [7, 11) is 1.39. The molecule has 0 spiro atoms. The molecule has 2 aromatic carbocycles. The monoisotopic (exact) mass is 381 g/mol. The zero-order valence-corrected chi connectivity index (χ0v) is 14.9. The Hall–Kier alpha value is -2.57. The van der Waals surface area contributed by atoms with Crippen LogP contribution in [0.25, 0.3) is 0 Å². The van der Waals surface area contributed by atoms with Crippen molar-refractivity contribution in [3.05, 3.63) is 65.0 Å². The number of nitrogens with zero attached hydrogens (tertiary/aromatic N) is 1. The summed E-state index contributed by atoms with van der Waals surface area (Å²) in [5.41, 5.74) is -0.536. The molecule has 0 bridgehead atoms. The average molecular weight is 381 g/mol. The van der Waals surface area contributed by atoms with Crippen LogP contribution < -0.4 is 4.74 Å². The van der Waals surface area contributed by atoms with Gasteiger partial charge in [-0.15, -0.1) is 0 Å². The van der Waals surface area contributed by atoms with Gasteiger partial charge in [0.15, 0.2) is 0 Å². The van der Waals surface area contributed by atoms with Crippen LogP contribution in [0.5, 0.6) is 5.75 Å². The minimum Gasteiger partial charge on any atom is -0.497 e. The molecule has 144 valence electrons. The molecule has 0 radical (unpaired) electrons. The minimum absolute atomic E-state index is 0.108. The first kappa shape index (κ1) is 19.2. The van der Waals surface area contributed by atoms with Gasteiger partial charge in [0.05, 0.1) is 24.3 Å². The maximum Gasteiger partial charge on any atom is 0.416 e. The van der Waals surface area contributed by atoms with Crippen LogP contribution in [0.15, 0.2) is 42.5 Å². The summed E-state index contributed by atoms with van der Waals surface area (Å²) in [6, 6.07) is 8.11. The smallest absolute Gasteiger partial charge is 0.416 e. The molecule has 3 rings (SSSR count). The number of rotatable bonds is 5. The van der Waals surface area contributed by atoms with Gasteiger partial charge in [0.2, 0.25) is 0 Å². The molecular weight excluding hydrogens is 362 g/mol. The fourth-order valence-corrected chi connectivity index (χ4v) is 3.08. The summed E-state index contributed by atoms with van der Waals surface area (Å²) in [5, 5.41) is 0. The Morgan fingerprint density at radius 2 is 1.89 bits per heavy atom. The highest BCUT2D eigenvalue weighted by atomic mass is 19.4. The molecule has 7 heteroatoms. The zero-order chi connectivity index (χ0) is 19.8. The summed E-state index contributed by atoms with van der Waals surface area (Å²) >= 11 is 0. The van der Waals surface area contributed by atoms with E-state index in [-0.39, 0.29) is 17.4 Å². The van der Waals surface area contributed by atoms with E-state index in [1.54, 1.807) is 13.0 Å². The average Bonchev–Trinajstić information content (AvgIpc) is 3.45. The van der Waals surface area contributed by atoms with Crippen LogP contribution in [0.4, 0.5) is 17.6 Å². The van der Waals surface area contributed by atoms with Crippen molar-refractivity contribution in [2.45, 2.75) is 38.0 Å². The molecular formula is C20H19F4NO2. The highest BCUT2D eigenvalue weighted by Crippen LogP contribution is 2.38. The van der Waals surface area contributed by atoms with Gasteiger partial charge in [-0.1, -0.05) is 12.1 Å². The Morgan fingerprint density at radius 3 is 2.44 bits per heavy atom. The van der Waals surface area contributed by atoms with E-state index in [1.807, 2.05) is 0 Å². The predicted octanol–water partition coefficient (Wildman–Crippen LogP) is 5.22. The van der Waals surface area contributed by atoms with E-state index in [0.717, 1.165) is 31.0 Å². The van der Waals surface area contributed by atoms with Gasteiger partial charge in [-0.2, -0.15) is 13.2 Å². The number of benzene rings is 2. The summed E-state index contributed by atoms with van der Waals surface area (Å²) in [6.45, 7) is 1.66. The van der Waals surface area contributed by atoms with Crippen LogP contribution in [-0.2, 0) is 6.18 Å². The molecule has 1 saturated carbocycles. The lowest BCUT2D eigenvalue weighted by atomic mass is 10.0. The van der Waals surface area contributed by atoms with E-state index >= 15 is 0 Å². The number of carbonyl (C=O) groups excluding carboxylic acids is 1. The van der Waals surface area contributed by atoms with Crippen LogP contribution >= 0.6 is 0 Å². The Kier molecular flexibility index (Phi) is 5.13. The molecule has 0 aromatic heterocycles. The van der Waals surface area contributed by atoms with E-state index in [4.69, 9.17) is 4.74 Å². The van der Waals surface area contributed by atoms with Crippen LogP contribution in [-0.4, -0.2) is 24.0 Å². The van der Waals surface area contributed by atoms with Crippen LogP contribution in [0.3, 0.4) is 0 Å². The number of halogens is 4. The van der Waals surface area contributed by atoms with E-state index in [1.165, 1.54) is 30.2 Å². The number of hydrogen-bond donors (Lipinski definition) is 0. The van der Waals surface area contributed by atoms with Gasteiger partial charge in [0, 0.05) is 12.1 Å². The van der Waals surface area contributed by atoms with E-state index in [9.17, 15) is 22.4 Å². The Labute approximate surface area is 154 Å². The lowest BCUT2D eigenvalue weighted by Crippen LogP contribution is -2.36. The fourth-order valence-electron chi connectivity index (χ4n) is 3.08. The maximum atomic E-state index is 14.3. The van der Waals surface area contributed by atoms with E-state index in [2.05, 4.69) is 0 Å². The SMILES string of the molecule is COc1ccc(C(=O)N(C2CC2)C(C)c2cccc(C(F)(F)F)c2)c(F)c1. The lowest BCUT2D eigenvalue weighted by molar-refractivity contribution is -0.137. The third-order valence-electron chi connectivity index (χ3n) is 4.70. The first-order chi connectivity index (χ1) is 12.7. The van der Waals surface area contributed by atoms with Crippen molar-refractivity contribution in [2.24, 2.45) is 0 Å². The molecule has 1 fully saturated rings. The second-order valence-electron chi connectivity index (χ2n) is 6.59. The van der Waals surface area contributed by atoms with Crippen molar-refractivity contribution in [3.8, 4) is 5.75 Å². The molecule has 3 nitrogen and oxygen atoms in total. The van der Waals surface area contributed by atoms with Crippen LogP contribution in [0.2, 0.25) is 0 Å². The van der Waals surface area contributed by atoms with Crippen molar-refractivity contribution in [1.82, 2.24) is 4.90 Å². The topological polar surface area (TPSA) is 29.5 Å². The summed E-state index contributed by atoms with van der Waals surface area (Å²) in [4.78, 5) is 14.4. The van der Waals surface area contributed by atoms with Gasteiger partial charge < -0.3 is 9.64 Å². The quantitative estimate of drug-likeness (QED) is 0.665. The number of hydrogen-bond acceptors (Lipinski definition) is 2. The first-order valence-corrected chi connectivity index (χ1v) is 8.55. The largest absolute Gasteiger partial charge is 0.497 e. The van der Waals surface area contributed by atoms with Crippen molar-refractivity contribution in [2.75, 3.05) is 7.11 Å². The fraction of sp³-hybridized carbons (Fsp3) is 0.350. The van der Waals surface area contributed by atoms with Crippen molar-refractivity contribution in [1.29, 1.82) is 0 Å². The van der Waals surface area contributed by atoms with Crippen LogP contribution in [0, 0.1) is 5.82 Å². The second-order valence-corrected chi connectivity index (χ2v) is 6.59.